The van der Waals surface area contributed by atoms with Gasteiger partial charge in [-0.3, -0.25) is 4.57 Å². The summed E-state index contributed by atoms with van der Waals surface area (Å²) in [7, 11) is 0. The number of allylic oxidation sites excluding steroid dienone is 1. The summed E-state index contributed by atoms with van der Waals surface area (Å²) in [6, 6.07) is 51.3. The summed E-state index contributed by atoms with van der Waals surface area (Å²) in [5, 5.41) is 13.8. The number of ether oxygens (including phenoxy) is 1. The molecule has 1 fully saturated rings. The molecule has 5 heteroatoms. The molecule has 8 aromatic rings. The van der Waals surface area contributed by atoms with Crippen molar-refractivity contribution in [3.63, 3.8) is 0 Å². The number of para-hydroxylation sites is 2. The number of hydrogen-bond acceptors (Lipinski definition) is 4. The molecule has 1 aliphatic carbocycles. The molecule has 11 rings (SSSR count). The second kappa shape index (κ2) is 15.0. The SMILES string of the molecule is CC1(C)CCC(c2ccc3c4c(ccc3c2)C2C=CC(c3cccc(-c5cc(C(C)(C)C)cc6c5nc(-c5ccccc5O)n6-c5ccccc5-c5ccccc5)c3)=NC2O4)CC1. The van der Waals surface area contributed by atoms with E-state index < -0.39 is 0 Å². The summed E-state index contributed by atoms with van der Waals surface area (Å²) in [6.07, 6.45) is 9.20. The Labute approximate surface area is 370 Å². The minimum Gasteiger partial charge on any atom is -0.507 e. The number of hydrogen-bond donors (Lipinski definition) is 1. The average molecular weight is 824 g/mol. The largest absolute Gasteiger partial charge is 0.507 e. The van der Waals surface area contributed by atoms with Crippen LogP contribution in [-0.2, 0) is 5.41 Å². The van der Waals surface area contributed by atoms with E-state index in [2.05, 4.69) is 167 Å². The lowest BCUT2D eigenvalue weighted by atomic mass is 9.71. The Hall–Kier alpha value is -6.72. The van der Waals surface area contributed by atoms with Crippen LogP contribution < -0.4 is 4.74 Å². The van der Waals surface area contributed by atoms with Gasteiger partial charge in [0.25, 0.3) is 0 Å². The molecule has 63 heavy (non-hydrogen) atoms. The highest BCUT2D eigenvalue weighted by Gasteiger charge is 2.36. The third-order valence-electron chi connectivity index (χ3n) is 13.9. The third-order valence-corrected chi connectivity index (χ3v) is 13.9. The Morgan fingerprint density at radius 2 is 1.43 bits per heavy atom. The van der Waals surface area contributed by atoms with Crippen molar-refractivity contribution < 1.29 is 9.84 Å². The molecule has 0 amide bonds. The van der Waals surface area contributed by atoms with Crippen molar-refractivity contribution in [2.75, 3.05) is 0 Å². The van der Waals surface area contributed by atoms with E-state index in [9.17, 15) is 5.11 Å². The summed E-state index contributed by atoms with van der Waals surface area (Å²) in [4.78, 5) is 10.8. The van der Waals surface area contributed by atoms with Crippen LogP contribution in [0.25, 0.3) is 61.1 Å². The first-order chi connectivity index (χ1) is 30.5. The number of aromatic hydroxyl groups is 1. The quantitative estimate of drug-likeness (QED) is 0.182. The second-order valence-electron chi connectivity index (χ2n) is 19.7. The van der Waals surface area contributed by atoms with Crippen LogP contribution in [0.15, 0.2) is 163 Å². The van der Waals surface area contributed by atoms with Gasteiger partial charge in [0.05, 0.1) is 33.9 Å². The standard InChI is InChI=1S/C58H53N3O2/c1-57(2,3)42-34-48(53-51(35-42)61(55(60-53)47-19-10-12-21-52(47)62)50-20-11-9-18-43(50)37-14-7-6-8-15-37)39-16-13-17-41(33-39)49-27-26-46-45-25-23-40-32-38(36-28-30-58(4,5)31-29-36)22-24-44(40)54(45)63-56(46)59-49/h6-27,32-36,46,56,62H,28-31H2,1-5H3. The van der Waals surface area contributed by atoms with Crippen molar-refractivity contribution in [2.45, 2.75) is 83.8 Å². The minimum atomic E-state index is -0.327. The van der Waals surface area contributed by atoms with Crippen LogP contribution in [0.5, 0.6) is 11.5 Å². The van der Waals surface area contributed by atoms with Crippen LogP contribution in [0.4, 0.5) is 0 Å². The lowest BCUT2D eigenvalue weighted by Crippen LogP contribution is -2.20. The smallest absolute Gasteiger partial charge is 0.200 e. The van der Waals surface area contributed by atoms with Crippen LogP contribution in [0.2, 0.25) is 0 Å². The van der Waals surface area contributed by atoms with Gasteiger partial charge < -0.3 is 9.84 Å². The first kappa shape index (κ1) is 39.1. The van der Waals surface area contributed by atoms with Gasteiger partial charge in [-0.2, -0.15) is 0 Å². The van der Waals surface area contributed by atoms with Crippen LogP contribution in [0, 0.1) is 5.41 Å². The molecule has 2 aliphatic heterocycles. The number of dihydropyridines is 1. The lowest BCUT2D eigenvalue weighted by Gasteiger charge is -2.34. The van der Waals surface area contributed by atoms with Gasteiger partial charge in [0, 0.05) is 27.6 Å². The number of aromatic nitrogens is 2. The molecule has 2 unspecified atom stereocenters. The van der Waals surface area contributed by atoms with Crippen molar-refractivity contribution >= 4 is 27.5 Å². The number of imidazole rings is 1. The Morgan fingerprint density at radius 1 is 0.698 bits per heavy atom. The fraction of sp³-hybridized carbons (Fsp3) is 0.241. The Balaban J connectivity index is 0.996. The van der Waals surface area contributed by atoms with Gasteiger partial charge in [-0.25, -0.2) is 9.98 Å². The summed E-state index contributed by atoms with van der Waals surface area (Å²) in [5.74, 6) is 2.52. The van der Waals surface area contributed by atoms with E-state index in [1.54, 1.807) is 6.07 Å². The highest BCUT2D eigenvalue weighted by molar-refractivity contribution is 6.10. The molecule has 1 aromatic heterocycles. The summed E-state index contributed by atoms with van der Waals surface area (Å²) < 4.78 is 9.03. The molecular weight excluding hydrogens is 771 g/mol. The molecule has 7 aromatic carbocycles. The monoisotopic (exact) mass is 823 g/mol. The van der Waals surface area contributed by atoms with Crippen LogP contribution >= 0.6 is 0 Å². The predicted octanol–water partition coefficient (Wildman–Crippen LogP) is 14.7. The van der Waals surface area contributed by atoms with Crippen molar-refractivity contribution in [2.24, 2.45) is 10.4 Å². The van der Waals surface area contributed by atoms with E-state index in [-0.39, 0.29) is 23.3 Å². The third kappa shape index (κ3) is 6.95. The molecule has 3 heterocycles. The molecule has 2 atom stereocenters. The van der Waals surface area contributed by atoms with E-state index in [0.29, 0.717) is 22.7 Å². The number of aliphatic imine (C=N–C) groups is 1. The molecule has 1 saturated carbocycles. The van der Waals surface area contributed by atoms with Gasteiger partial charge in [-0.05, 0) is 113 Å². The normalized spacial score (nSPS) is 18.3. The molecular formula is C58H53N3O2. The minimum absolute atomic E-state index is 0.0650. The van der Waals surface area contributed by atoms with Gasteiger partial charge in [0.1, 0.15) is 17.3 Å². The molecule has 312 valence electrons. The zero-order valence-corrected chi connectivity index (χ0v) is 36.8. The van der Waals surface area contributed by atoms with Crippen molar-refractivity contribution in [3.05, 3.63) is 180 Å². The lowest BCUT2D eigenvalue weighted by molar-refractivity contribution is 0.224. The molecule has 1 N–H and O–H groups in total. The zero-order chi connectivity index (χ0) is 43.0. The first-order valence-corrected chi connectivity index (χ1v) is 22.6. The molecule has 3 aliphatic rings. The van der Waals surface area contributed by atoms with E-state index in [1.165, 1.54) is 53.1 Å². The van der Waals surface area contributed by atoms with Crippen molar-refractivity contribution in [1.82, 2.24) is 9.55 Å². The Bertz CT molecular complexity index is 3140. The number of fused-ring (bicyclic) bond motifs is 6. The van der Waals surface area contributed by atoms with Crippen LogP contribution in [-0.4, -0.2) is 26.6 Å². The molecule has 5 nitrogen and oxygen atoms in total. The first-order valence-electron chi connectivity index (χ1n) is 22.6. The predicted molar refractivity (Wildman–Crippen MR) is 260 cm³/mol. The van der Waals surface area contributed by atoms with Crippen LogP contribution in [0.3, 0.4) is 0 Å². The second-order valence-corrected chi connectivity index (χ2v) is 19.7. The summed E-state index contributed by atoms with van der Waals surface area (Å²) in [6.45, 7) is 11.6. The summed E-state index contributed by atoms with van der Waals surface area (Å²) in [5.41, 5.74) is 13.8. The van der Waals surface area contributed by atoms with Crippen LogP contribution in [0.1, 0.15) is 94.4 Å². The molecule has 0 saturated heterocycles. The summed E-state index contributed by atoms with van der Waals surface area (Å²) >= 11 is 0. The van der Waals surface area contributed by atoms with E-state index in [1.807, 2.05) is 24.3 Å². The fourth-order valence-electron chi connectivity index (χ4n) is 10.2. The van der Waals surface area contributed by atoms with Gasteiger partial charge in [0.2, 0.25) is 6.23 Å². The molecule has 0 spiro atoms. The molecule has 0 bridgehead atoms. The zero-order valence-electron chi connectivity index (χ0n) is 36.8. The van der Waals surface area contributed by atoms with Gasteiger partial charge >= 0.3 is 0 Å². The number of phenols is 1. The number of phenolic OH excluding ortho intramolecular Hbond substituents is 1. The number of nitrogens with zero attached hydrogens (tertiary/aromatic N) is 3. The van der Waals surface area contributed by atoms with Gasteiger partial charge in [-0.1, -0.05) is 150 Å². The maximum Gasteiger partial charge on any atom is 0.200 e. The fourth-order valence-corrected chi connectivity index (χ4v) is 10.2. The van der Waals surface area contributed by atoms with Crippen molar-refractivity contribution in [3.8, 4) is 50.8 Å². The van der Waals surface area contributed by atoms with Gasteiger partial charge in [-0.15, -0.1) is 0 Å². The number of benzene rings is 7. The number of rotatable bonds is 6. The van der Waals surface area contributed by atoms with E-state index >= 15 is 0 Å². The highest BCUT2D eigenvalue weighted by Crippen LogP contribution is 2.48. The maximum absolute atomic E-state index is 11.4. The Morgan fingerprint density at radius 3 is 2.22 bits per heavy atom. The Kier molecular flexibility index (Phi) is 9.31. The maximum atomic E-state index is 11.4. The van der Waals surface area contributed by atoms with Gasteiger partial charge in [0.15, 0.2) is 0 Å². The van der Waals surface area contributed by atoms with E-state index in [0.717, 1.165) is 56.0 Å². The van der Waals surface area contributed by atoms with E-state index in [4.69, 9.17) is 14.7 Å². The average Bonchev–Trinajstić information content (AvgIpc) is 3.87. The van der Waals surface area contributed by atoms with Crippen molar-refractivity contribution in [1.29, 1.82) is 0 Å². The topological polar surface area (TPSA) is 59.6 Å². The molecule has 0 radical (unpaired) electrons. The highest BCUT2D eigenvalue weighted by atomic mass is 16.5.